The number of nitrogens with zero attached hydrogens (tertiary/aromatic N) is 2. The van der Waals surface area contributed by atoms with Gasteiger partial charge in [0.05, 0.1) is 0 Å². The van der Waals surface area contributed by atoms with Crippen molar-refractivity contribution in [2.24, 2.45) is 0 Å². The van der Waals surface area contributed by atoms with Crippen LogP contribution in [0, 0.1) is 0 Å². The van der Waals surface area contributed by atoms with E-state index in [0.29, 0.717) is 6.04 Å². The number of benzene rings is 1. The van der Waals surface area contributed by atoms with E-state index in [-0.39, 0.29) is 0 Å². The van der Waals surface area contributed by atoms with Gasteiger partial charge in [0.15, 0.2) is 0 Å². The molecule has 0 saturated heterocycles. The van der Waals surface area contributed by atoms with Gasteiger partial charge in [-0.2, -0.15) is 0 Å². The van der Waals surface area contributed by atoms with Crippen molar-refractivity contribution in [3.05, 3.63) is 47.2 Å². The second-order valence-corrected chi connectivity index (χ2v) is 5.33. The minimum atomic E-state index is 0.354. The predicted molar refractivity (Wildman–Crippen MR) is 84.4 cm³/mol. The molecule has 5 heteroatoms. The van der Waals surface area contributed by atoms with Gasteiger partial charge < -0.3 is 10.6 Å². The highest BCUT2D eigenvalue weighted by molar-refractivity contribution is 6.30. The Hall–Kier alpha value is -1.81. The quantitative estimate of drug-likeness (QED) is 0.853. The van der Waals surface area contributed by atoms with Crippen molar-refractivity contribution >= 4 is 23.2 Å². The largest absolute Gasteiger partial charge is 0.370 e. The Balaban J connectivity index is 1.86. The minimum absolute atomic E-state index is 0.354. The van der Waals surface area contributed by atoms with Gasteiger partial charge >= 0.3 is 0 Å². The number of rotatable bonds is 6. The molecule has 0 amide bonds. The smallest absolute Gasteiger partial charge is 0.131 e. The molecular weight excluding hydrogens is 272 g/mol. The number of hydrogen-bond donors (Lipinski definition) is 2. The second kappa shape index (κ2) is 7.10. The van der Waals surface area contributed by atoms with Crippen LogP contribution in [0.15, 0.2) is 36.7 Å². The summed E-state index contributed by atoms with van der Waals surface area (Å²) in [5.74, 6) is 1.67. The molecule has 1 heterocycles. The van der Waals surface area contributed by atoms with Crippen molar-refractivity contribution in [2.45, 2.75) is 26.3 Å². The van der Waals surface area contributed by atoms with Crippen molar-refractivity contribution in [1.82, 2.24) is 9.97 Å². The average Bonchev–Trinajstić information content (AvgIpc) is 2.41. The predicted octanol–water partition coefficient (Wildman–Crippen LogP) is 3.60. The summed E-state index contributed by atoms with van der Waals surface area (Å²) >= 11 is 5.86. The van der Waals surface area contributed by atoms with Gasteiger partial charge in [-0.1, -0.05) is 23.7 Å². The maximum Gasteiger partial charge on any atom is 0.131 e. The highest BCUT2D eigenvalue weighted by Crippen LogP contribution is 2.12. The van der Waals surface area contributed by atoms with Crippen molar-refractivity contribution in [2.75, 3.05) is 17.2 Å². The first-order valence-electron chi connectivity index (χ1n) is 6.70. The third-order valence-electron chi connectivity index (χ3n) is 2.74. The minimum Gasteiger partial charge on any atom is -0.370 e. The van der Waals surface area contributed by atoms with Crippen LogP contribution in [-0.4, -0.2) is 22.6 Å². The van der Waals surface area contributed by atoms with Gasteiger partial charge in [-0.3, -0.25) is 0 Å². The van der Waals surface area contributed by atoms with Crippen LogP contribution >= 0.6 is 11.6 Å². The van der Waals surface area contributed by atoms with Gasteiger partial charge in [-0.05, 0) is 38.0 Å². The van der Waals surface area contributed by atoms with E-state index in [1.807, 2.05) is 30.3 Å². The second-order valence-electron chi connectivity index (χ2n) is 4.89. The van der Waals surface area contributed by atoms with Gasteiger partial charge in [-0.25, -0.2) is 9.97 Å². The van der Waals surface area contributed by atoms with Gasteiger partial charge in [-0.15, -0.1) is 0 Å². The summed E-state index contributed by atoms with van der Waals surface area (Å²) in [5, 5.41) is 7.32. The molecule has 1 aromatic carbocycles. The zero-order valence-corrected chi connectivity index (χ0v) is 12.5. The topological polar surface area (TPSA) is 49.8 Å². The van der Waals surface area contributed by atoms with Crippen LogP contribution in [-0.2, 0) is 6.42 Å². The first kappa shape index (κ1) is 14.6. The lowest BCUT2D eigenvalue weighted by atomic mass is 10.1. The number of aromatic nitrogens is 2. The molecule has 0 atom stereocenters. The van der Waals surface area contributed by atoms with Gasteiger partial charge in [0.2, 0.25) is 0 Å². The van der Waals surface area contributed by atoms with Gasteiger partial charge in [0, 0.05) is 23.7 Å². The van der Waals surface area contributed by atoms with E-state index in [1.54, 1.807) is 6.33 Å². The number of anilines is 2. The van der Waals surface area contributed by atoms with E-state index in [2.05, 4.69) is 34.4 Å². The molecule has 0 saturated carbocycles. The van der Waals surface area contributed by atoms with Crippen LogP contribution in [0.25, 0.3) is 0 Å². The summed E-state index contributed by atoms with van der Waals surface area (Å²) in [5.41, 5.74) is 1.25. The third kappa shape index (κ3) is 4.70. The molecule has 0 bridgehead atoms. The molecule has 20 heavy (non-hydrogen) atoms. The molecule has 2 aromatic rings. The molecule has 0 radical (unpaired) electrons. The summed E-state index contributed by atoms with van der Waals surface area (Å²) in [6.07, 6.45) is 2.49. The molecule has 0 fully saturated rings. The maximum atomic E-state index is 5.86. The van der Waals surface area contributed by atoms with E-state index in [0.717, 1.165) is 29.6 Å². The fourth-order valence-electron chi connectivity index (χ4n) is 1.81. The lowest BCUT2D eigenvalue weighted by Crippen LogP contribution is -2.12. The van der Waals surface area contributed by atoms with E-state index in [1.165, 1.54) is 5.56 Å². The number of halogens is 1. The maximum absolute atomic E-state index is 5.86. The van der Waals surface area contributed by atoms with Gasteiger partial charge in [0.1, 0.15) is 18.0 Å². The molecule has 2 N–H and O–H groups in total. The normalized spacial score (nSPS) is 10.6. The zero-order chi connectivity index (χ0) is 14.4. The van der Waals surface area contributed by atoms with Crippen molar-refractivity contribution in [3.63, 3.8) is 0 Å². The Kier molecular flexibility index (Phi) is 5.18. The molecule has 0 spiro atoms. The zero-order valence-electron chi connectivity index (χ0n) is 11.7. The van der Waals surface area contributed by atoms with E-state index < -0.39 is 0 Å². The molecule has 106 valence electrons. The van der Waals surface area contributed by atoms with Crippen molar-refractivity contribution in [3.8, 4) is 0 Å². The van der Waals surface area contributed by atoms with Crippen LogP contribution in [0.4, 0.5) is 11.6 Å². The number of hydrogen-bond acceptors (Lipinski definition) is 4. The fourth-order valence-corrected chi connectivity index (χ4v) is 1.94. The fraction of sp³-hybridized carbons (Fsp3) is 0.333. The van der Waals surface area contributed by atoms with Crippen LogP contribution in [0.2, 0.25) is 5.02 Å². The monoisotopic (exact) mass is 290 g/mol. The standard InChI is InChI=1S/C15H19ClN4/c1-11(2)20-15-9-14(18-10-19-15)17-8-7-12-3-5-13(16)6-4-12/h3-6,9-11H,7-8H2,1-2H3,(H2,17,18,19,20). The summed E-state index contributed by atoms with van der Waals surface area (Å²) in [4.78, 5) is 8.39. The Morgan fingerprint density at radius 2 is 1.80 bits per heavy atom. The van der Waals surface area contributed by atoms with Crippen LogP contribution in [0.1, 0.15) is 19.4 Å². The summed E-state index contributed by atoms with van der Waals surface area (Å²) in [6, 6.07) is 10.2. The van der Waals surface area contributed by atoms with Crippen molar-refractivity contribution < 1.29 is 0 Å². The molecule has 0 unspecified atom stereocenters. The number of nitrogens with one attached hydrogen (secondary N) is 2. The highest BCUT2D eigenvalue weighted by Gasteiger charge is 2.00. The molecule has 2 rings (SSSR count). The summed E-state index contributed by atoms with van der Waals surface area (Å²) in [6.45, 7) is 4.98. The highest BCUT2D eigenvalue weighted by atomic mass is 35.5. The Labute approximate surface area is 124 Å². The molecule has 1 aromatic heterocycles. The summed E-state index contributed by atoms with van der Waals surface area (Å²) < 4.78 is 0. The molecule has 4 nitrogen and oxygen atoms in total. The Morgan fingerprint density at radius 3 is 2.50 bits per heavy atom. The van der Waals surface area contributed by atoms with Crippen molar-refractivity contribution in [1.29, 1.82) is 0 Å². The van der Waals surface area contributed by atoms with E-state index in [4.69, 9.17) is 11.6 Å². The van der Waals surface area contributed by atoms with Crippen LogP contribution in [0.3, 0.4) is 0 Å². The first-order chi connectivity index (χ1) is 9.63. The lowest BCUT2D eigenvalue weighted by Gasteiger charge is -2.10. The lowest BCUT2D eigenvalue weighted by molar-refractivity contribution is 0.885. The summed E-state index contributed by atoms with van der Waals surface area (Å²) in [7, 11) is 0. The van der Waals surface area contributed by atoms with Gasteiger partial charge in [0.25, 0.3) is 0 Å². The molecule has 0 aliphatic carbocycles. The van der Waals surface area contributed by atoms with Crippen LogP contribution in [0.5, 0.6) is 0 Å². The molecule has 0 aliphatic rings. The SMILES string of the molecule is CC(C)Nc1cc(NCCc2ccc(Cl)cc2)ncn1. The molecule has 0 aliphatic heterocycles. The Bertz CT molecular complexity index is 540. The Morgan fingerprint density at radius 1 is 1.10 bits per heavy atom. The first-order valence-corrected chi connectivity index (χ1v) is 7.08. The van der Waals surface area contributed by atoms with E-state index >= 15 is 0 Å². The van der Waals surface area contributed by atoms with Crippen LogP contribution < -0.4 is 10.6 Å². The average molecular weight is 291 g/mol. The van der Waals surface area contributed by atoms with E-state index in [9.17, 15) is 0 Å². The molecular formula is C15H19ClN4. The third-order valence-corrected chi connectivity index (χ3v) is 2.99.